The Morgan fingerprint density at radius 3 is 2.94 bits per heavy atom. The number of nitrogens with zero attached hydrogens (tertiary/aromatic N) is 2. The fraction of sp³-hybridized carbons (Fsp3) is 0.385. The molecule has 0 atom stereocenters. The molecule has 0 bridgehead atoms. The zero-order valence-corrected chi connectivity index (χ0v) is 10.8. The van der Waals surface area contributed by atoms with E-state index in [1.54, 1.807) is 30.1 Å². The first-order chi connectivity index (χ1) is 8.58. The van der Waals surface area contributed by atoms with E-state index in [4.69, 9.17) is 4.42 Å². The second-order valence-corrected chi connectivity index (χ2v) is 4.62. The summed E-state index contributed by atoms with van der Waals surface area (Å²) in [7, 11) is 1.79. The van der Waals surface area contributed by atoms with Crippen LogP contribution in [-0.2, 0) is 7.05 Å². The molecule has 1 N–H and O–H groups in total. The molecule has 5 heteroatoms. The fourth-order valence-electron chi connectivity index (χ4n) is 1.62. The van der Waals surface area contributed by atoms with E-state index < -0.39 is 0 Å². The van der Waals surface area contributed by atoms with E-state index in [-0.39, 0.29) is 5.91 Å². The van der Waals surface area contributed by atoms with Crippen molar-refractivity contribution in [2.45, 2.75) is 13.8 Å². The Balaban J connectivity index is 2.16. The van der Waals surface area contributed by atoms with Crippen LogP contribution in [0.1, 0.15) is 24.3 Å². The van der Waals surface area contributed by atoms with E-state index >= 15 is 0 Å². The number of carbonyl (C=O) groups excluding carboxylic acids is 1. The predicted octanol–water partition coefficient (Wildman–Crippen LogP) is 2.07. The van der Waals surface area contributed by atoms with Crippen molar-refractivity contribution in [1.82, 2.24) is 15.1 Å². The van der Waals surface area contributed by atoms with E-state index in [9.17, 15) is 4.79 Å². The maximum Gasteiger partial charge on any atom is 0.271 e. The SMILES string of the molecule is CC(C)CNC(=O)c1cc(-c2ccco2)n(C)n1. The van der Waals surface area contributed by atoms with Crippen LogP contribution in [0.4, 0.5) is 0 Å². The van der Waals surface area contributed by atoms with Gasteiger partial charge in [0.1, 0.15) is 5.69 Å². The zero-order valence-electron chi connectivity index (χ0n) is 10.8. The summed E-state index contributed by atoms with van der Waals surface area (Å²) in [6.07, 6.45) is 1.60. The third-order valence-corrected chi connectivity index (χ3v) is 2.56. The second-order valence-electron chi connectivity index (χ2n) is 4.62. The molecule has 0 spiro atoms. The highest BCUT2D eigenvalue weighted by Crippen LogP contribution is 2.19. The van der Waals surface area contributed by atoms with Crippen LogP contribution in [0, 0.1) is 5.92 Å². The van der Waals surface area contributed by atoms with E-state index in [0.717, 1.165) is 5.69 Å². The van der Waals surface area contributed by atoms with E-state index in [1.165, 1.54) is 0 Å². The molecule has 0 unspecified atom stereocenters. The summed E-state index contributed by atoms with van der Waals surface area (Å²) in [4.78, 5) is 11.9. The normalized spacial score (nSPS) is 10.9. The molecule has 1 amide bonds. The fourth-order valence-corrected chi connectivity index (χ4v) is 1.62. The summed E-state index contributed by atoms with van der Waals surface area (Å²) in [6.45, 7) is 4.74. The van der Waals surface area contributed by atoms with Gasteiger partial charge in [-0.05, 0) is 18.1 Å². The molecule has 0 saturated carbocycles. The molecule has 2 aromatic heterocycles. The number of aromatic nitrogens is 2. The first-order valence-electron chi connectivity index (χ1n) is 5.94. The number of carbonyl (C=O) groups is 1. The Kier molecular flexibility index (Phi) is 3.50. The zero-order chi connectivity index (χ0) is 13.1. The molecular weight excluding hydrogens is 230 g/mol. The van der Waals surface area contributed by atoms with Gasteiger partial charge >= 0.3 is 0 Å². The van der Waals surface area contributed by atoms with Crippen LogP contribution in [0.3, 0.4) is 0 Å². The van der Waals surface area contributed by atoms with Crippen LogP contribution >= 0.6 is 0 Å². The number of hydrogen-bond acceptors (Lipinski definition) is 3. The molecular formula is C13H17N3O2. The molecule has 96 valence electrons. The first kappa shape index (κ1) is 12.4. The lowest BCUT2D eigenvalue weighted by molar-refractivity contribution is 0.0943. The average Bonchev–Trinajstić information content (AvgIpc) is 2.94. The van der Waals surface area contributed by atoms with Crippen molar-refractivity contribution in [2.24, 2.45) is 13.0 Å². The van der Waals surface area contributed by atoms with Crippen LogP contribution in [0.25, 0.3) is 11.5 Å². The Morgan fingerprint density at radius 1 is 1.56 bits per heavy atom. The second kappa shape index (κ2) is 5.08. The number of nitrogens with one attached hydrogen (secondary N) is 1. The van der Waals surface area contributed by atoms with Crippen LogP contribution in [0.2, 0.25) is 0 Å². The monoisotopic (exact) mass is 247 g/mol. The molecule has 2 heterocycles. The summed E-state index contributed by atoms with van der Waals surface area (Å²) >= 11 is 0. The van der Waals surface area contributed by atoms with Gasteiger partial charge in [-0.3, -0.25) is 9.48 Å². The van der Waals surface area contributed by atoms with Crippen LogP contribution in [0.5, 0.6) is 0 Å². The highest BCUT2D eigenvalue weighted by atomic mass is 16.3. The molecule has 5 nitrogen and oxygen atoms in total. The van der Waals surface area contributed by atoms with Gasteiger partial charge in [-0.15, -0.1) is 0 Å². The van der Waals surface area contributed by atoms with Crippen molar-refractivity contribution in [2.75, 3.05) is 6.54 Å². The largest absolute Gasteiger partial charge is 0.463 e. The quantitative estimate of drug-likeness (QED) is 0.899. The van der Waals surface area contributed by atoms with Crippen LogP contribution in [-0.4, -0.2) is 22.2 Å². The van der Waals surface area contributed by atoms with Gasteiger partial charge in [-0.1, -0.05) is 13.8 Å². The molecule has 2 aromatic rings. The lowest BCUT2D eigenvalue weighted by atomic mass is 10.2. The molecule has 0 radical (unpaired) electrons. The minimum Gasteiger partial charge on any atom is -0.463 e. The molecule has 2 rings (SSSR count). The Morgan fingerprint density at radius 2 is 2.33 bits per heavy atom. The Labute approximate surface area is 106 Å². The number of hydrogen-bond donors (Lipinski definition) is 1. The first-order valence-corrected chi connectivity index (χ1v) is 5.94. The standard InChI is InChI=1S/C13H17N3O2/c1-9(2)8-14-13(17)10-7-11(16(3)15-10)12-5-4-6-18-12/h4-7,9H,8H2,1-3H3,(H,14,17). The highest BCUT2D eigenvalue weighted by molar-refractivity contribution is 5.93. The third kappa shape index (κ3) is 2.61. The van der Waals surface area contributed by atoms with Gasteiger partial charge in [-0.2, -0.15) is 5.10 Å². The summed E-state index contributed by atoms with van der Waals surface area (Å²) in [5, 5.41) is 7.03. The molecule has 0 saturated heterocycles. The molecule has 0 fully saturated rings. The lowest BCUT2D eigenvalue weighted by Crippen LogP contribution is -2.27. The Bertz CT molecular complexity index is 526. The van der Waals surface area contributed by atoms with E-state index in [2.05, 4.69) is 10.4 Å². The van der Waals surface area contributed by atoms with Gasteiger partial charge in [0, 0.05) is 19.7 Å². The number of amides is 1. The maximum absolute atomic E-state index is 11.9. The maximum atomic E-state index is 11.9. The minimum absolute atomic E-state index is 0.155. The minimum atomic E-state index is -0.155. The van der Waals surface area contributed by atoms with Gasteiger partial charge in [0.05, 0.1) is 6.26 Å². The van der Waals surface area contributed by atoms with Crippen LogP contribution < -0.4 is 5.32 Å². The lowest BCUT2D eigenvalue weighted by Gasteiger charge is -2.04. The average molecular weight is 247 g/mol. The van der Waals surface area contributed by atoms with Crippen molar-refractivity contribution in [3.63, 3.8) is 0 Å². The van der Waals surface area contributed by atoms with Crippen molar-refractivity contribution >= 4 is 5.91 Å². The van der Waals surface area contributed by atoms with E-state index in [1.807, 2.05) is 19.9 Å². The topological polar surface area (TPSA) is 60.1 Å². The molecule has 0 aromatic carbocycles. The van der Waals surface area contributed by atoms with Crippen molar-refractivity contribution in [1.29, 1.82) is 0 Å². The molecule has 0 aliphatic heterocycles. The number of furan rings is 1. The van der Waals surface area contributed by atoms with Crippen LogP contribution in [0.15, 0.2) is 28.9 Å². The Hall–Kier alpha value is -2.04. The smallest absolute Gasteiger partial charge is 0.271 e. The van der Waals surface area contributed by atoms with Gasteiger partial charge in [0.25, 0.3) is 5.91 Å². The summed E-state index contributed by atoms with van der Waals surface area (Å²) in [5.74, 6) is 0.965. The van der Waals surface area contributed by atoms with Crippen molar-refractivity contribution in [3.8, 4) is 11.5 Å². The summed E-state index contributed by atoms with van der Waals surface area (Å²) in [6, 6.07) is 5.38. The molecule has 0 aliphatic rings. The summed E-state index contributed by atoms with van der Waals surface area (Å²) in [5.41, 5.74) is 1.19. The predicted molar refractivity (Wildman–Crippen MR) is 68.1 cm³/mol. The van der Waals surface area contributed by atoms with Gasteiger partial charge in [0.15, 0.2) is 11.5 Å². The van der Waals surface area contributed by atoms with Gasteiger partial charge in [0.2, 0.25) is 0 Å². The molecule has 18 heavy (non-hydrogen) atoms. The highest BCUT2D eigenvalue weighted by Gasteiger charge is 2.15. The summed E-state index contributed by atoms with van der Waals surface area (Å²) < 4.78 is 6.94. The molecule has 0 aliphatic carbocycles. The van der Waals surface area contributed by atoms with Gasteiger partial charge < -0.3 is 9.73 Å². The number of rotatable bonds is 4. The van der Waals surface area contributed by atoms with Gasteiger partial charge in [-0.25, -0.2) is 0 Å². The third-order valence-electron chi connectivity index (χ3n) is 2.56. The number of aryl methyl sites for hydroxylation is 1. The van der Waals surface area contributed by atoms with Crippen molar-refractivity contribution < 1.29 is 9.21 Å². The van der Waals surface area contributed by atoms with E-state index in [0.29, 0.717) is 23.9 Å². The van der Waals surface area contributed by atoms with Crippen molar-refractivity contribution in [3.05, 3.63) is 30.2 Å².